The van der Waals surface area contributed by atoms with E-state index in [1.807, 2.05) is 11.9 Å². The highest BCUT2D eigenvalue weighted by atomic mass is 16.5. The number of hydrogen-bond acceptors (Lipinski definition) is 3. The van der Waals surface area contributed by atoms with E-state index in [-0.39, 0.29) is 5.91 Å². The van der Waals surface area contributed by atoms with Gasteiger partial charge in [0.25, 0.3) is 0 Å². The molecule has 1 aliphatic carbocycles. The van der Waals surface area contributed by atoms with E-state index in [9.17, 15) is 4.79 Å². The van der Waals surface area contributed by atoms with Gasteiger partial charge in [0, 0.05) is 52.9 Å². The minimum atomic E-state index is 0.268. The molecule has 6 nitrogen and oxygen atoms in total. The number of carbonyl (C=O) groups excluding carboxylic acids is 1. The Morgan fingerprint density at radius 1 is 1.17 bits per heavy atom. The smallest absolute Gasteiger partial charge is 0.222 e. The van der Waals surface area contributed by atoms with Crippen LogP contribution in [0.15, 0.2) is 29.3 Å². The van der Waals surface area contributed by atoms with Crippen molar-refractivity contribution in [2.45, 2.75) is 65.0 Å². The maximum absolute atomic E-state index is 12.0. The van der Waals surface area contributed by atoms with Gasteiger partial charge in [-0.2, -0.15) is 0 Å². The zero-order valence-electron chi connectivity index (χ0n) is 18.7. The van der Waals surface area contributed by atoms with Gasteiger partial charge in [0.2, 0.25) is 5.91 Å². The van der Waals surface area contributed by atoms with Crippen LogP contribution in [0.25, 0.3) is 0 Å². The maximum Gasteiger partial charge on any atom is 0.222 e. The normalized spacial score (nSPS) is 18.8. The van der Waals surface area contributed by atoms with Gasteiger partial charge in [0.05, 0.1) is 0 Å². The average Bonchev–Trinajstić information content (AvgIpc) is 3.39. The number of rotatable bonds is 10. The van der Waals surface area contributed by atoms with E-state index in [1.165, 1.54) is 36.8 Å². The summed E-state index contributed by atoms with van der Waals surface area (Å²) >= 11 is 0. The van der Waals surface area contributed by atoms with Crippen LogP contribution in [0.5, 0.6) is 0 Å². The number of amides is 1. The van der Waals surface area contributed by atoms with Gasteiger partial charge in [-0.05, 0) is 49.1 Å². The summed E-state index contributed by atoms with van der Waals surface area (Å²) in [6, 6.07) is 8.37. The Morgan fingerprint density at radius 3 is 2.60 bits per heavy atom. The summed E-state index contributed by atoms with van der Waals surface area (Å²) in [6.07, 6.45) is 7.90. The minimum absolute atomic E-state index is 0.268. The molecule has 2 fully saturated rings. The van der Waals surface area contributed by atoms with Crippen LogP contribution in [0.1, 0.15) is 63.0 Å². The van der Waals surface area contributed by atoms with E-state index in [0.29, 0.717) is 24.9 Å². The van der Waals surface area contributed by atoms with Crippen molar-refractivity contribution in [1.82, 2.24) is 15.5 Å². The van der Waals surface area contributed by atoms with Gasteiger partial charge < -0.3 is 20.3 Å². The van der Waals surface area contributed by atoms with Crippen LogP contribution in [0.2, 0.25) is 0 Å². The number of nitrogens with zero attached hydrogens (tertiary/aromatic N) is 2. The first-order valence-corrected chi connectivity index (χ1v) is 11.5. The Kier molecular flexibility index (Phi) is 8.55. The molecule has 1 heterocycles. The van der Waals surface area contributed by atoms with Crippen LogP contribution in [0.4, 0.5) is 0 Å². The second-order valence-corrected chi connectivity index (χ2v) is 8.62. The van der Waals surface area contributed by atoms with Crippen molar-refractivity contribution in [2.24, 2.45) is 10.4 Å². The van der Waals surface area contributed by atoms with Crippen molar-refractivity contribution in [1.29, 1.82) is 0 Å². The summed E-state index contributed by atoms with van der Waals surface area (Å²) in [5.41, 5.74) is 2.74. The molecular weight excluding hydrogens is 376 g/mol. The summed E-state index contributed by atoms with van der Waals surface area (Å²) in [6.45, 7) is 6.88. The van der Waals surface area contributed by atoms with Crippen LogP contribution in [-0.4, -0.2) is 50.1 Å². The molecule has 1 amide bonds. The quantitative estimate of drug-likeness (QED) is 0.350. The maximum atomic E-state index is 12.0. The van der Waals surface area contributed by atoms with E-state index in [4.69, 9.17) is 4.74 Å². The molecule has 2 aliphatic rings. The molecule has 166 valence electrons. The van der Waals surface area contributed by atoms with Crippen LogP contribution < -0.4 is 10.6 Å². The van der Waals surface area contributed by atoms with Crippen LogP contribution in [-0.2, 0) is 22.6 Å². The zero-order chi connectivity index (χ0) is 21.2. The predicted molar refractivity (Wildman–Crippen MR) is 121 cm³/mol. The monoisotopic (exact) mass is 414 g/mol. The topological polar surface area (TPSA) is 66.0 Å². The van der Waals surface area contributed by atoms with Gasteiger partial charge in [0.15, 0.2) is 5.96 Å². The van der Waals surface area contributed by atoms with E-state index in [1.54, 1.807) is 0 Å². The fourth-order valence-electron chi connectivity index (χ4n) is 4.70. The molecular formula is C24H38N4O2. The average molecular weight is 415 g/mol. The minimum Gasteiger partial charge on any atom is -0.382 e. The summed E-state index contributed by atoms with van der Waals surface area (Å²) < 4.78 is 5.63. The number of hydrogen-bond donors (Lipinski definition) is 2. The molecule has 1 aliphatic heterocycles. The van der Waals surface area contributed by atoms with Crippen LogP contribution >= 0.6 is 0 Å². The number of benzene rings is 1. The Hall–Kier alpha value is -2.08. The van der Waals surface area contributed by atoms with E-state index in [0.717, 1.165) is 45.1 Å². The fourth-order valence-corrected chi connectivity index (χ4v) is 4.70. The van der Waals surface area contributed by atoms with Crippen molar-refractivity contribution in [3.05, 3.63) is 35.4 Å². The summed E-state index contributed by atoms with van der Waals surface area (Å²) in [7, 11) is 1.83. The summed E-state index contributed by atoms with van der Waals surface area (Å²) in [5, 5.41) is 7.04. The number of ether oxygens (including phenoxy) is 1. The van der Waals surface area contributed by atoms with Crippen molar-refractivity contribution in [2.75, 3.05) is 33.4 Å². The molecule has 0 unspecified atom stereocenters. The molecule has 0 aromatic heterocycles. The predicted octanol–water partition coefficient (Wildman–Crippen LogP) is 3.46. The first-order valence-electron chi connectivity index (χ1n) is 11.5. The number of likely N-dealkylation sites (tertiary alicyclic amines) is 1. The van der Waals surface area contributed by atoms with Crippen LogP contribution in [0, 0.1) is 5.41 Å². The largest absolute Gasteiger partial charge is 0.382 e. The number of guanidine groups is 1. The fraction of sp³-hybridized carbons (Fsp3) is 0.667. The molecule has 1 aromatic carbocycles. The summed E-state index contributed by atoms with van der Waals surface area (Å²) in [5.74, 6) is 1.11. The molecule has 3 rings (SSSR count). The first-order chi connectivity index (χ1) is 14.7. The highest BCUT2D eigenvalue weighted by Gasteiger charge is 2.33. The molecule has 0 bridgehead atoms. The third kappa shape index (κ3) is 6.21. The molecule has 0 atom stereocenters. The van der Waals surface area contributed by atoms with E-state index >= 15 is 0 Å². The molecule has 1 saturated carbocycles. The standard InChI is InChI=1S/C24H38N4O2/c1-3-30-16-14-24(12-6-7-13-24)19-27-23(25-2)26-17-20-9-4-5-10-21(20)18-28-15-8-11-22(28)29/h4-5,9-10H,3,6-8,11-19H2,1-2H3,(H2,25,26,27). The highest BCUT2D eigenvalue weighted by molar-refractivity contribution is 5.80. The Morgan fingerprint density at radius 2 is 1.93 bits per heavy atom. The first kappa shape index (κ1) is 22.6. The molecule has 0 radical (unpaired) electrons. The Bertz CT molecular complexity index is 713. The second-order valence-electron chi connectivity index (χ2n) is 8.62. The number of aliphatic imine (C=N–C) groups is 1. The summed E-state index contributed by atoms with van der Waals surface area (Å²) in [4.78, 5) is 18.4. The molecule has 30 heavy (non-hydrogen) atoms. The molecule has 0 spiro atoms. The third-order valence-corrected chi connectivity index (χ3v) is 6.60. The van der Waals surface area contributed by atoms with Crippen molar-refractivity contribution in [3.8, 4) is 0 Å². The Balaban J connectivity index is 1.53. The van der Waals surface area contributed by atoms with Gasteiger partial charge in [-0.25, -0.2) is 0 Å². The zero-order valence-corrected chi connectivity index (χ0v) is 18.7. The van der Waals surface area contributed by atoms with Crippen molar-refractivity contribution in [3.63, 3.8) is 0 Å². The lowest BCUT2D eigenvalue weighted by Gasteiger charge is -2.30. The molecule has 1 saturated heterocycles. The highest BCUT2D eigenvalue weighted by Crippen LogP contribution is 2.40. The second kappa shape index (κ2) is 11.3. The van der Waals surface area contributed by atoms with Gasteiger partial charge in [-0.1, -0.05) is 37.1 Å². The van der Waals surface area contributed by atoms with Crippen molar-refractivity contribution < 1.29 is 9.53 Å². The van der Waals surface area contributed by atoms with Gasteiger partial charge in [-0.15, -0.1) is 0 Å². The molecule has 2 N–H and O–H groups in total. The van der Waals surface area contributed by atoms with Gasteiger partial charge >= 0.3 is 0 Å². The number of nitrogens with one attached hydrogen (secondary N) is 2. The third-order valence-electron chi connectivity index (χ3n) is 6.60. The SMILES string of the molecule is CCOCCC1(CNC(=NC)NCc2ccccc2CN2CCCC2=O)CCCC1. The molecule has 6 heteroatoms. The molecule has 1 aromatic rings. The van der Waals surface area contributed by atoms with Gasteiger partial charge in [0.1, 0.15) is 0 Å². The Labute approximate surface area is 181 Å². The van der Waals surface area contributed by atoms with E-state index in [2.05, 4.69) is 46.8 Å². The van der Waals surface area contributed by atoms with E-state index < -0.39 is 0 Å². The lowest BCUT2D eigenvalue weighted by Crippen LogP contribution is -2.43. The number of carbonyl (C=O) groups is 1. The lowest BCUT2D eigenvalue weighted by atomic mass is 9.83. The van der Waals surface area contributed by atoms with Gasteiger partial charge in [-0.3, -0.25) is 9.79 Å². The van der Waals surface area contributed by atoms with Crippen LogP contribution in [0.3, 0.4) is 0 Å². The van der Waals surface area contributed by atoms with Crippen molar-refractivity contribution >= 4 is 11.9 Å². The lowest BCUT2D eigenvalue weighted by molar-refractivity contribution is -0.128.